The van der Waals surface area contributed by atoms with Crippen molar-refractivity contribution in [2.45, 2.75) is 19.8 Å². The van der Waals surface area contributed by atoms with Gasteiger partial charge in [-0.05, 0) is 31.5 Å². The second-order valence-corrected chi connectivity index (χ2v) is 3.57. The summed E-state index contributed by atoms with van der Waals surface area (Å²) in [6.07, 6.45) is 0.746. The first-order valence-corrected chi connectivity index (χ1v) is 5.12. The van der Waals surface area contributed by atoms with Crippen LogP contribution in [0.5, 0.6) is 0 Å². The van der Waals surface area contributed by atoms with Crippen molar-refractivity contribution in [2.24, 2.45) is 0 Å². The minimum atomic E-state index is -1.09. The van der Waals surface area contributed by atoms with Crippen molar-refractivity contribution in [3.05, 3.63) is 35.4 Å². The molecule has 0 saturated heterocycles. The summed E-state index contributed by atoms with van der Waals surface area (Å²) in [5, 5.41) is 0. The molecule has 92 valence electrons. The molecule has 0 aliphatic carbocycles. The van der Waals surface area contributed by atoms with Gasteiger partial charge in [0.25, 0.3) is 0 Å². The van der Waals surface area contributed by atoms with Crippen LogP contribution in [0.2, 0.25) is 0 Å². The highest BCUT2D eigenvalue weighted by Crippen LogP contribution is 2.10. The Balaban J connectivity index is 2.47. The number of carbonyl (C=O) groups is 2. The Labute approximate surface area is 97.4 Å². The van der Waals surface area contributed by atoms with Gasteiger partial charge < -0.3 is 9.53 Å². The predicted molar refractivity (Wildman–Crippen MR) is 56.6 cm³/mol. The number of ketones is 1. The molecule has 0 unspecified atom stereocenters. The Hall–Kier alpha value is -1.78. The van der Waals surface area contributed by atoms with Gasteiger partial charge in [-0.3, -0.25) is 0 Å². The van der Waals surface area contributed by atoms with E-state index in [2.05, 4.69) is 0 Å². The molecule has 0 heterocycles. The number of hydrogen-bond donors (Lipinski definition) is 0. The SMILES string of the molecule is CC(=O)CCCOC(=O)c1ccc(F)c(F)c1. The van der Waals surface area contributed by atoms with Crippen LogP contribution in [-0.4, -0.2) is 18.4 Å². The van der Waals surface area contributed by atoms with Crippen LogP contribution >= 0.6 is 0 Å². The van der Waals surface area contributed by atoms with Crippen LogP contribution in [0.3, 0.4) is 0 Å². The highest BCUT2D eigenvalue weighted by atomic mass is 19.2. The standard InChI is InChI=1S/C12H12F2O3/c1-8(15)3-2-6-17-12(16)9-4-5-10(13)11(14)7-9/h4-5,7H,2-3,6H2,1H3. The summed E-state index contributed by atoms with van der Waals surface area (Å²) >= 11 is 0. The lowest BCUT2D eigenvalue weighted by Crippen LogP contribution is -2.08. The van der Waals surface area contributed by atoms with Gasteiger partial charge in [-0.2, -0.15) is 0 Å². The van der Waals surface area contributed by atoms with Crippen LogP contribution in [0.15, 0.2) is 18.2 Å². The third-order valence-electron chi connectivity index (χ3n) is 2.06. The average Bonchev–Trinajstić information content (AvgIpc) is 2.27. The minimum absolute atomic E-state index is 0.00822. The normalized spacial score (nSPS) is 10.1. The summed E-state index contributed by atoms with van der Waals surface area (Å²) in [6, 6.07) is 2.79. The molecule has 0 aromatic heterocycles. The van der Waals surface area contributed by atoms with Gasteiger partial charge in [0.05, 0.1) is 12.2 Å². The van der Waals surface area contributed by atoms with Crippen molar-refractivity contribution in [3.8, 4) is 0 Å². The van der Waals surface area contributed by atoms with E-state index in [-0.39, 0.29) is 18.0 Å². The van der Waals surface area contributed by atoms with Crippen LogP contribution in [-0.2, 0) is 9.53 Å². The zero-order chi connectivity index (χ0) is 12.8. The molecule has 0 spiro atoms. The fraction of sp³-hybridized carbons (Fsp3) is 0.333. The van der Waals surface area contributed by atoms with Gasteiger partial charge in [0.15, 0.2) is 11.6 Å². The van der Waals surface area contributed by atoms with Crippen LogP contribution in [0.4, 0.5) is 8.78 Å². The molecule has 0 radical (unpaired) electrons. The Kier molecular flexibility index (Phi) is 4.75. The van der Waals surface area contributed by atoms with E-state index in [1.165, 1.54) is 6.92 Å². The lowest BCUT2D eigenvalue weighted by molar-refractivity contribution is -0.117. The van der Waals surface area contributed by atoms with E-state index in [9.17, 15) is 18.4 Å². The van der Waals surface area contributed by atoms with Crippen molar-refractivity contribution >= 4 is 11.8 Å². The molecule has 17 heavy (non-hydrogen) atoms. The average molecular weight is 242 g/mol. The van der Waals surface area contributed by atoms with Gasteiger partial charge in [0, 0.05) is 6.42 Å². The maximum atomic E-state index is 12.8. The lowest BCUT2D eigenvalue weighted by atomic mass is 10.2. The van der Waals surface area contributed by atoms with Crippen molar-refractivity contribution in [3.63, 3.8) is 0 Å². The Morgan fingerprint density at radius 2 is 1.94 bits per heavy atom. The van der Waals surface area contributed by atoms with Crippen molar-refractivity contribution in [1.29, 1.82) is 0 Å². The number of carbonyl (C=O) groups excluding carboxylic acids is 2. The number of halogens is 2. The van der Waals surface area contributed by atoms with Gasteiger partial charge in [-0.25, -0.2) is 13.6 Å². The molecule has 0 amide bonds. The molecule has 0 aliphatic rings. The second kappa shape index (κ2) is 6.08. The van der Waals surface area contributed by atoms with E-state index in [0.29, 0.717) is 12.8 Å². The number of benzene rings is 1. The topological polar surface area (TPSA) is 43.4 Å². The van der Waals surface area contributed by atoms with Gasteiger partial charge in [0.2, 0.25) is 0 Å². The summed E-state index contributed by atoms with van der Waals surface area (Å²) in [4.78, 5) is 22.0. The monoisotopic (exact) mass is 242 g/mol. The van der Waals surface area contributed by atoms with E-state index in [4.69, 9.17) is 4.74 Å². The third-order valence-corrected chi connectivity index (χ3v) is 2.06. The Morgan fingerprint density at radius 3 is 2.53 bits per heavy atom. The first-order valence-electron chi connectivity index (χ1n) is 5.12. The first-order chi connectivity index (χ1) is 8.00. The molecule has 0 bridgehead atoms. The predicted octanol–water partition coefficient (Wildman–Crippen LogP) is 2.49. The van der Waals surface area contributed by atoms with Crippen LogP contribution in [0, 0.1) is 11.6 Å². The molecule has 3 nitrogen and oxygen atoms in total. The molecule has 0 saturated carbocycles. The number of hydrogen-bond acceptors (Lipinski definition) is 3. The summed E-state index contributed by atoms with van der Waals surface area (Å²) in [5.41, 5.74) is -0.0493. The number of rotatable bonds is 5. The fourth-order valence-corrected chi connectivity index (χ4v) is 1.19. The van der Waals surface area contributed by atoms with Gasteiger partial charge in [-0.15, -0.1) is 0 Å². The van der Waals surface area contributed by atoms with E-state index < -0.39 is 17.6 Å². The highest BCUT2D eigenvalue weighted by Gasteiger charge is 2.10. The molecule has 1 aromatic carbocycles. The summed E-state index contributed by atoms with van der Waals surface area (Å²) < 4.78 is 30.2. The van der Waals surface area contributed by atoms with Crippen molar-refractivity contribution < 1.29 is 23.1 Å². The Morgan fingerprint density at radius 1 is 1.24 bits per heavy atom. The summed E-state index contributed by atoms with van der Waals surface area (Å²) in [5.74, 6) is -2.83. The van der Waals surface area contributed by atoms with Gasteiger partial charge in [0.1, 0.15) is 5.78 Å². The fourth-order valence-electron chi connectivity index (χ4n) is 1.19. The molecular weight excluding hydrogens is 230 g/mol. The van der Waals surface area contributed by atoms with Gasteiger partial charge >= 0.3 is 5.97 Å². The largest absolute Gasteiger partial charge is 0.462 e. The van der Waals surface area contributed by atoms with E-state index in [0.717, 1.165) is 18.2 Å². The molecule has 1 rings (SSSR count). The first kappa shape index (κ1) is 13.3. The molecule has 0 atom stereocenters. The minimum Gasteiger partial charge on any atom is -0.462 e. The van der Waals surface area contributed by atoms with Crippen LogP contribution in [0.1, 0.15) is 30.1 Å². The quantitative estimate of drug-likeness (QED) is 0.588. The van der Waals surface area contributed by atoms with Crippen LogP contribution < -0.4 is 0 Å². The summed E-state index contributed by atoms with van der Waals surface area (Å²) in [7, 11) is 0. The van der Waals surface area contributed by atoms with Gasteiger partial charge in [-0.1, -0.05) is 0 Å². The Bertz CT molecular complexity index is 430. The third kappa shape index (κ3) is 4.30. The molecule has 0 aliphatic heterocycles. The number of ether oxygens (including phenoxy) is 1. The smallest absolute Gasteiger partial charge is 0.338 e. The molecular formula is C12H12F2O3. The number of Topliss-reactive ketones (excluding diaryl/α,β-unsaturated/α-hetero) is 1. The zero-order valence-corrected chi connectivity index (χ0v) is 9.33. The van der Waals surface area contributed by atoms with E-state index in [1.54, 1.807) is 0 Å². The maximum absolute atomic E-state index is 12.8. The van der Waals surface area contributed by atoms with E-state index in [1.807, 2.05) is 0 Å². The number of esters is 1. The van der Waals surface area contributed by atoms with E-state index >= 15 is 0 Å². The molecule has 0 fully saturated rings. The highest BCUT2D eigenvalue weighted by molar-refractivity contribution is 5.89. The van der Waals surface area contributed by atoms with Crippen LogP contribution in [0.25, 0.3) is 0 Å². The summed E-state index contributed by atoms with van der Waals surface area (Å²) in [6.45, 7) is 1.52. The van der Waals surface area contributed by atoms with Crippen molar-refractivity contribution in [2.75, 3.05) is 6.61 Å². The molecule has 5 heteroatoms. The molecule has 0 N–H and O–H groups in total. The zero-order valence-electron chi connectivity index (χ0n) is 9.33. The second-order valence-electron chi connectivity index (χ2n) is 3.57. The maximum Gasteiger partial charge on any atom is 0.338 e. The lowest BCUT2D eigenvalue weighted by Gasteiger charge is -2.04. The van der Waals surface area contributed by atoms with Crippen molar-refractivity contribution in [1.82, 2.24) is 0 Å². The molecule has 1 aromatic rings.